The van der Waals surface area contributed by atoms with E-state index in [1.807, 2.05) is 4.72 Å². The summed E-state index contributed by atoms with van der Waals surface area (Å²) < 4.78 is 78.0. The molecule has 0 aliphatic carbocycles. The molecule has 0 bridgehead atoms. The fourth-order valence-corrected chi connectivity index (χ4v) is 3.78. The number of aromatic nitrogens is 3. The summed E-state index contributed by atoms with van der Waals surface area (Å²) in [6, 6.07) is 2.41. The highest BCUT2D eigenvalue weighted by Gasteiger charge is 2.36. The lowest BCUT2D eigenvalue weighted by Crippen LogP contribution is -2.18. The van der Waals surface area contributed by atoms with Crippen molar-refractivity contribution in [2.24, 2.45) is 0 Å². The molecule has 3 rings (SSSR count). The van der Waals surface area contributed by atoms with Crippen LogP contribution >= 0.6 is 23.2 Å². The fourth-order valence-electron chi connectivity index (χ4n) is 2.11. The number of halogens is 6. The molecule has 0 aliphatic heterocycles. The van der Waals surface area contributed by atoms with Gasteiger partial charge in [-0.3, -0.25) is 4.72 Å². The molecule has 134 valence electrons. The second kappa shape index (κ2) is 5.78. The maximum atomic E-state index is 13.9. The Balaban J connectivity index is 2.04. The second-order valence-electron chi connectivity index (χ2n) is 4.77. The minimum Gasteiger partial charge on any atom is -0.357 e. The number of anilines is 1. The van der Waals surface area contributed by atoms with E-state index >= 15 is 0 Å². The largest absolute Gasteiger partial charge is 0.505 e. The number of hydrogen-bond acceptors (Lipinski definition) is 3. The van der Waals surface area contributed by atoms with Crippen LogP contribution in [0.15, 0.2) is 29.4 Å². The molecule has 2 aromatic heterocycles. The molecule has 2 N–H and O–H groups in total. The van der Waals surface area contributed by atoms with Crippen LogP contribution in [0.25, 0.3) is 10.9 Å². The highest BCUT2D eigenvalue weighted by molar-refractivity contribution is 7.93. The third-order valence-corrected chi connectivity index (χ3v) is 5.25. The second-order valence-corrected chi connectivity index (χ2v) is 7.19. The van der Waals surface area contributed by atoms with E-state index in [2.05, 4.69) is 10.1 Å². The number of hydrogen-bond donors (Lipinski definition) is 2. The van der Waals surface area contributed by atoms with E-state index in [1.165, 1.54) is 6.07 Å². The number of aromatic amines is 1. The highest BCUT2D eigenvalue weighted by atomic mass is 35.5. The van der Waals surface area contributed by atoms with E-state index in [0.29, 0.717) is 6.20 Å². The molecule has 2 heterocycles. The molecule has 0 unspecified atom stereocenters. The monoisotopic (exact) mass is 416 g/mol. The standard InChI is InChI=1S/C12H6Cl2F4N4O2S/c13-6-2-1-5-8(4-19-10(5)9(6)15)25(23,24)21-7-3-20-22(11(7)14)12(16,17)18/h1-4,19,21H. The molecule has 6 nitrogen and oxygen atoms in total. The van der Waals surface area contributed by atoms with Gasteiger partial charge in [0, 0.05) is 11.6 Å². The number of sulfonamides is 1. The van der Waals surface area contributed by atoms with Gasteiger partial charge < -0.3 is 4.98 Å². The Morgan fingerprint density at radius 3 is 2.52 bits per heavy atom. The first-order valence-electron chi connectivity index (χ1n) is 6.31. The first-order chi connectivity index (χ1) is 11.5. The number of fused-ring (bicyclic) bond motifs is 1. The Kier molecular flexibility index (Phi) is 4.12. The lowest BCUT2D eigenvalue weighted by molar-refractivity contribution is -0.212. The minimum absolute atomic E-state index is 0.0336. The first kappa shape index (κ1) is 17.8. The number of benzene rings is 1. The van der Waals surface area contributed by atoms with Crippen LogP contribution < -0.4 is 4.72 Å². The summed E-state index contributed by atoms with van der Waals surface area (Å²) in [6.45, 7) is 0. The Labute approximate surface area is 147 Å². The summed E-state index contributed by atoms with van der Waals surface area (Å²) in [6.07, 6.45) is -3.32. The SMILES string of the molecule is O=S(=O)(Nc1cnn(C(F)(F)F)c1Cl)c1c[nH]c2c(F)c(Cl)ccc12. The maximum absolute atomic E-state index is 13.9. The van der Waals surface area contributed by atoms with Gasteiger partial charge in [0.05, 0.1) is 16.7 Å². The Hall–Kier alpha value is -1.98. The van der Waals surface area contributed by atoms with Gasteiger partial charge in [0.1, 0.15) is 10.6 Å². The van der Waals surface area contributed by atoms with Crippen molar-refractivity contribution in [1.82, 2.24) is 14.8 Å². The van der Waals surface area contributed by atoms with Crippen molar-refractivity contribution in [3.63, 3.8) is 0 Å². The van der Waals surface area contributed by atoms with Crippen molar-refractivity contribution in [1.29, 1.82) is 0 Å². The molecule has 0 saturated heterocycles. The van der Waals surface area contributed by atoms with E-state index < -0.39 is 42.6 Å². The molecule has 1 aromatic carbocycles. The number of H-pyrrole nitrogens is 1. The Bertz CT molecular complexity index is 1070. The van der Waals surface area contributed by atoms with Crippen molar-refractivity contribution < 1.29 is 26.0 Å². The molecule has 0 atom stereocenters. The van der Waals surface area contributed by atoms with Crippen molar-refractivity contribution in [2.75, 3.05) is 4.72 Å². The van der Waals surface area contributed by atoms with Gasteiger partial charge in [-0.15, -0.1) is 13.2 Å². The lowest BCUT2D eigenvalue weighted by atomic mass is 10.2. The van der Waals surface area contributed by atoms with Gasteiger partial charge in [-0.05, 0) is 12.1 Å². The van der Waals surface area contributed by atoms with Crippen LogP contribution in [0.3, 0.4) is 0 Å². The van der Waals surface area contributed by atoms with Crippen LogP contribution in [-0.2, 0) is 16.3 Å². The molecule has 0 amide bonds. The van der Waals surface area contributed by atoms with Crippen molar-refractivity contribution in [2.45, 2.75) is 11.2 Å². The van der Waals surface area contributed by atoms with Gasteiger partial charge in [-0.25, -0.2) is 12.8 Å². The van der Waals surface area contributed by atoms with Crippen LogP contribution in [0, 0.1) is 5.82 Å². The molecular weight excluding hydrogens is 411 g/mol. The van der Waals surface area contributed by atoms with E-state index in [9.17, 15) is 26.0 Å². The van der Waals surface area contributed by atoms with E-state index in [-0.39, 0.29) is 15.9 Å². The average molecular weight is 417 g/mol. The predicted molar refractivity (Wildman–Crippen MR) is 82.6 cm³/mol. The fraction of sp³-hybridized carbons (Fsp3) is 0.0833. The van der Waals surface area contributed by atoms with E-state index in [4.69, 9.17) is 23.2 Å². The van der Waals surface area contributed by atoms with Gasteiger partial charge in [0.15, 0.2) is 11.0 Å². The quantitative estimate of drug-likeness (QED) is 0.631. The number of nitrogens with zero attached hydrogens (tertiary/aromatic N) is 2. The van der Waals surface area contributed by atoms with Gasteiger partial charge in [0.2, 0.25) is 0 Å². The van der Waals surface area contributed by atoms with E-state index in [1.54, 1.807) is 0 Å². The van der Waals surface area contributed by atoms with Crippen LogP contribution in [0.2, 0.25) is 10.2 Å². The molecule has 13 heteroatoms. The van der Waals surface area contributed by atoms with Crippen molar-refractivity contribution in [3.05, 3.63) is 40.5 Å². The smallest absolute Gasteiger partial charge is 0.357 e. The van der Waals surface area contributed by atoms with Gasteiger partial charge in [0.25, 0.3) is 10.0 Å². The zero-order valence-corrected chi connectivity index (χ0v) is 14.0. The van der Waals surface area contributed by atoms with Crippen molar-refractivity contribution >= 4 is 49.8 Å². The predicted octanol–water partition coefficient (Wildman–Crippen LogP) is 4.09. The number of rotatable bonds is 3. The van der Waals surface area contributed by atoms with Gasteiger partial charge in [-0.2, -0.15) is 9.78 Å². The van der Waals surface area contributed by atoms with Crippen LogP contribution in [0.4, 0.5) is 23.2 Å². The van der Waals surface area contributed by atoms with Crippen molar-refractivity contribution in [3.8, 4) is 0 Å². The Morgan fingerprint density at radius 1 is 1.24 bits per heavy atom. The molecule has 0 aliphatic rings. The zero-order valence-electron chi connectivity index (χ0n) is 11.7. The number of alkyl halides is 3. The van der Waals surface area contributed by atoms with E-state index in [0.717, 1.165) is 12.3 Å². The van der Waals surface area contributed by atoms with Gasteiger partial charge in [-0.1, -0.05) is 23.2 Å². The molecule has 0 spiro atoms. The molecule has 0 radical (unpaired) electrons. The Morgan fingerprint density at radius 2 is 1.92 bits per heavy atom. The molecule has 0 saturated carbocycles. The highest BCUT2D eigenvalue weighted by Crippen LogP contribution is 2.34. The van der Waals surface area contributed by atoms with Crippen LogP contribution in [0.1, 0.15) is 0 Å². The van der Waals surface area contributed by atoms with Crippen LogP contribution in [0.5, 0.6) is 0 Å². The van der Waals surface area contributed by atoms with Crippen LogP contribution in [-0.4, -0.2) is 23.2 Å². The molecule has 25 heavy (non-hydrogen) atoms. The molecular formula is C12H6Cl2F4N4O2S. The van der Waals surface area contributed by atoms with Gasteiger partial charge >= 0.3 is 6.30 Å². The average Bonchev–Trinajstić information content (AvgIpc) is 3.07. The summed E-state index contributed by atoms with van der Waals surface area (Å²) >= 11 is 11.1. The number of nitrogens with one attached hydrogen (secondary N) is 2. The zero-order chi connectivity index (χ0) is 18.6. The molecule has 3 aromatic rings. The summed E-state index contributed by atoms with van der Waals surface area (Å²) in [5.41, 5.74) is -0.743. The third kappa shape index (κ3) is 3.02. The summed E-state index contributed by atoms with van der Waals surface area (Å²) in [5, 5.41) is 1.77. The normalized spacial score (nSPS) is 12.7. The third-order valence-electron chi connectivity index (χ3n) is 3.19. The summed E-state index contributed by atoms with van der Waals surface area (Å²) in [4.78, 5) is 2.03. The topological polar surface area (TPSA) is 79.8 Å². The summed E-state index contributed by atoms with van der Waals surface area (Å²) in [7, 11) is -4.38. The maximum Gasteiger partial charge on any atom is 0.505 e. The summed E-state index contributed by atoms with van der Waals surface area (Å²) in [5.74, 6) is -0.858. The first-order valence-corrected chi connectivity index (χ1v) is 8.55. The lowest BCUT2D eigenvalue weighted by Gasteiger charge is -2.08. The molecule has 0 fully saturated rings. The minimum atomic E-state index is -4.92.